The predicted octanol–water partition coefficient (Wildman–Crippen LogP) is -2.85. The van der Waals surface area contributed by atoms with Crippen molar-refractivity contribution in [1.82, 2.24) is 8.85 Å². The Morgan fingerprint density at radius 2 is 2.43 bits per heavy atom. The maximum absolute atomic E-state index is 3.22. The summed E-state index contributed by atoms with van der Waals surface area (Å²) in [5.74, 6) is 0. The Kier molecular flexibility index (Phi) is 8.83. The van der Waals surface area contributed by atoms with E-state index in [4.69, 9.17) is 0 Å². The molecule has 2 nitrogen and oxygen atoms in total. The van der Waals surface area contributed by atoms with E-state index in [0.717, 1.165) is 4.55 Å². The van der Waals surface area contributed by atoms with Gasteiger partial charge in [-0.1, -0.05) is 0 Å². The summed E-state index contributed by atoms with van der Waals surface area (Å²) in [7, 11) is 2.00. The van der Waals surface area contributed by atoms with Crippen LogP contribution in [0.1, 0.15) is 0 Å². The van der Waals surface area contributed by atoms with Gasteiger partial charge in [-0.2, -0.15) is 0 Å². The van der Waals surface area contributed by atoms with Crippen molar-refractivity contribution in [1.29, 1.82) is 0 Å². The molecular weight excluding hydrogens is 318 g/mol. The zero-order chi connectivity index (χ0) is 5.54. The molecule has 0 aliphatic carbocycles. The van der Waals surface area contributed by atoms with Gasteiger partial charge in [-0.25, -0.2) is 0 Å². The van der Waals surface area contributed by atoms with Crippen LogP contribution >= 0.6 is 22.6 Å². The average Bonchev–Trinajstić information content (AvgIpc) is 1.69. The first kappa shape index (κ1) is 8.38. The van der Waals surface area contributed by atoms with Gasteiger partial charge < -0.3 is 0 Å². The van der Waals surface area contributed by atoms with E-state index in [1.807, 2.05) is 7.05 Å². The zero-order valence-electron chi connectivity index (χ0n) is 4.17. The molecule has 0 atom stereocenters. The van der Waals surface area contributed by atoms with Gasteiger partial charge in [0.1, 0.15) is 0 Å². The topological polar surface area (TPSA) is 24.1 Å². The summed E-state index contributed by atoms with van der Waals surface area (Å²) in [6, 6.07) is 0. The summed E-state index contributed by atoms with van der Waals surface area (Å²) in [6.45, 7) is 0. The molecule has 0 aromatic heterocycles. The van der Waals surface area contributed by atoms with E-state index in [9.17, 15) is 0 Å². The predicted molar refractivity (Wildman–Crippen MR) is 35.9 cm³/mol. The molecule has 0 saturated heterocycles. The normalized spacial score (nSPS) is 10.0. The Bertz CT molecular complexity index is 30.1. The molecule has 0 radical (unpaired) electrons. The molecule has 0 spiro atoms. The third kappa shape index (κ3) is 7.38. The van der Waals surface area contributed by atoms with Crippen LogP contribution < -0.4 is 30.3 Å². The molecule has 4 heteroatoms. The number of hydrogen-bond acceptors (Lipinski definition) is 2. The van der Waals surface area contributed by atoms with Gasteiger partial charge in [0.15, 0.2) is 0 Å². The van der Waals surface area contributed by atoms with Gasteiger partial charge in [0, 0.05) is 0 Å². The first-order chi connectivity index (χ1) is 3.41. The molecule has 2 N–H and O–H groups in total. The number of rotatable bonds is 4. The van der Waals surface area contributed by atoms with Crippen molar-refractivity contribution in [3.05, 3.63) is 0 Å². The molecule has 0 aromatic rings. The summed E-state index contributed by atoms with van der Waals surface area (Å²) in [4.78, 5) is 0. The van der Waals surface area contributed by atoms with E-state index >= 15 is 0 Å². The van der Waals surface area contributed by atoms with E-state index in [-0.39, 0.29) is 21.5 Å². The van der Waals surface area contributed by atoms with E-state index in [0.29, 0.717) is 0 Å². The van der Waals surface area contributed by atoms with Crippen LogP contribution in [0.25, 0.3) is 0 Å². The molecule has 0 unspecified atom stereocenters. The van der Waals surface area contributed by atoms with Crippen LogP contribution in [0.4, 0.5) is 0 Å². The maximum atomic E-state index is 3.22. The van der Waals surface area contributed by atoms with Crippen LogP contribution in [-0.4, -0.2) is 16.2 Å². The van der Waals surface area contributed by atoms with Crippen molar-refractivity contribution < 1.29 is 21.5 Å². The summed E-state index contributed by atoms with van der Waals surface area (Å²) in [5.41, 5.74) is 0. The number of nitrogens with one attached hydrogen (secondary N) is 2. The fourth-order valence-corrected chi connectivity index (χ4v) is 2.37. The fraction of sp³-hybridized carbons (Fsp3) is 1.00. The first-order valence-electron chi connectivity index (χ1n) is 1.93. The summed E-state index contributed by atoms with van der Waals surface area (Å²) >= 11 is 2.56. The van der Waals surface area contributed by atoms with Crippen molar-refractivity contribution in [2.45, 2.75) is 0 Å². The Morgan fingerprint density at radius 1 is 1.71 bits per heavy atom. The summed E-state index contributed by atoms with van der Waals surface area (Å²) in [6.07, 6.45) is 0. The van der Waals surface area contributed by atoms with Crippen molar-refractivity contribution in [3.63, 3.8) is 0 Å². The molecule has 0 bridgehead atoms. The number of alkyl halides is 2. The van der Waals surface area contributed by atoms with Gasteiger partial charge >= 0.3 is 69.1 Å². The number of hydrogen-bond donors (Lipinski definition) is 2. The van der Waals surface area contributed by atoms with Crippen LogP contribution in [0.5, 0.6) is 0 Å². The molecule has 0 aliphatic heterocycles. The molecular formula is C3H9I2N2-. The van der Waals surface area contributed by atoms with Gasteiger partial charge in [-0.05, 0) is 0 Å². The Morgan fingerprint density at radius 3 is 2.86 bits per heavy atom. The molecule has 0 rings (SSSR count). The second kappa shape index (κ2) is 7.38. The Labute approximate surface area is 68.6 Å². The Hall–Kier alpha value is 1.38. The van der Waals surface area contributed by atoms with Gasteiger partial charge in [0.05, 0.1) is 0 Å². The molecule has 0 aromatic carbocycles. The summed E-state index contributed by atoms with van der Waals surface area (Å²) < 4.78 is 5.39. The minimum absolute atomic E-state index is 0.256. The van der Waals surface area contributed by atoms with Crippen LogP contribution in [0.2, 0.25) is 0 Å². The van der Waals surface area contributed by atoms with Crippen LogP contribution in [0.15, 0.2) is 0 Å². The fourth-order valence-electron chi connectivity index (χ4n) is 0.150. The second-order valence-electron chi connectivity index (χ2n) is 0.840. The van der Waals surface area contributed by atoms with Gasteiger partial charge in [0.2, 0.25) is 0 Å². The third-order valence-corrected chi connectivity index (χ3v) is 2.61. The Balaban J connectivity index is 2.45. The molecule has 7 heavy (non-hydrogen) atoms. The SMILES string of the molecule is CN[I-]CNCI. The second-order valence-corrected chi connectivity index (χ2v) is 4.21. The van der Waals surface area contributed by atoms with Gasteiger partial charge in [-0.3, -0.25) is 0 Å². The van der Waals surface area contributed by atoms with Crippen LogP contribution in [0.3, 0.4) is 0 Å². The monoisotopic (exact) mass is 327 g/mol. The van der Waals surface area contributed by atoms with Crippen LogP contribution in [-0.2, 0) is 0 Å². The van der Waals surface area contributed by atoms with E-state index < -0.39 is 0 Å². The van der Waals surface area contributed by atoms with Crippen molar-refractivity contribution in [3.8, 4) is 0 Å². The average molecular weight is 327 g/mol. The molecule has 0 aliphatic rings. The number of halogens is 2. The first-order valence-corrected chi connectivity index (χ1v) is 6.06. The van der Waals surface area contributed by atoms with Gasteiger partial charge in [0.25, 0.3) is 0 Å². The van der Waals surface area contributed by atoms with E-state index in [1.54, 1.807) is 0 Å². The molecule has 0 heterocycles. The van der Waals surface area contributed by atoms with Crippen molar-refractivity contribution in [2.75, 3.05) is 16.2 Å². The van der Waals surface area contributed by atoms with Crippen molar-refractivity contribution in [2.24, 2.45) is 0 Å². The minimum atomic E-state index is 0.256. The standard InChI is InChI=1S/C3H9I2N2/c1-6-5-3-7-2-4/h6-7H,2-3H2,1H3/q-1. The van der Waals surface area contributed by atoms with Gasteiger partial charge in [-0.15, -0.1) is 0 Å². The summed E-state index contributed by atoms with van der Waals surface area (Å²) in [5, 5.41) is 3.22. The molecule has 0 saturated carbocycles. The molecule has 46 valence electrons. The van der Waals surface area contributed by atoms with E-state index in [1.165, 1.54) is 4.55 Å². The van der Waals surface area contributed by atoms with Crippen LogP contribution in [0, 0.1) is 0 Å². The molecule has 0 fully saturated rings. The van der Waals surface area contributed by atoms with Crippen molar-refractivity contribution >= 4 is 22.6 Å². The van der Waals surface area contributed by atoms with E-state index in [2.05, 4.69) is 31.4 Å². The third-order valence-electron chi connectivity index (χ3n) is 0.389. The zero-order valence-corrected chi connectivity index (χ0v) is 8.49. The molecule has 0 amide bonds. The quantitative estimate of drug-likeness (QED) is 0.191.